The molecule has 4 heteroatoms. The van der Waals surface area contributed by atoms with Crippen LogP contribution in [0.5, 0.6) is 0 Å². The van der Waals surface area contributed by atoms with Gasteiger partial charge in [0.15, 0.2) is 6.16 Å². The van der Waals surface area contributed by atoms with Gasteiger partial charge in [-0.05, 0) is 17.4 Å². The van der Waals surface area contributed by atoms with E-state index in [4.69, 9.17) is 4.52 Å². The molecule has 56 valence electrons. The van der Waals surface area contributed by atoms with Crippen molar-refractivity contribution in [2.75, 3.05) is 12.8 Å². The van der Waals surface area contributed by atoms with Gasteiger partial charge in [0.2, 0.25) is 0 Å². The van der Waals surface area contributed by atoms with Crippen molar-refractivity contribution in [3.63, 3.8) is 0 Å². The van der Waals surface area contributed by atoms with Crippen molar-refractivity contribution >= 4 is 8.03 Å². The second-order valence-corrected chi connectivity index (χ2v) is 3.26. The summed E-state index contributed by atoms with van der Waals surface area (Å²) in [5.41, 5.74) is 0. The van der Waals surface area contributed by atoms with Crippen LogP contribution in [0.25, 0.3) is 0 Å². The molecular weight excluding hydrogens is 158 g/mol. The molecule has 10 heavy (non-hydrogen) atoms. The van der Waals surface area contributed by atoms with Crippen LogP contribution in [0.4, 0.5) is 0 Å². The molecule has 0 saturated heterocycles. The first-order chi connectivity index (χ1) is 4.31. The number of hydrogen-bond acceptors (Lipinski definition) is 2. The van der Waals surface area contributed by atoms with E-state index in [0.717, 1.165) is 12.8 Å². The average Bonchev–Trinajstić information content (AvgIpc) is 1.85. The minimum Gasteiger partial charge on any atom is -1.00 e. The Balaban J connectivity index is -0.000000320. The Bertz CT molecular complexity index is 92.7. The topological polar surface area (TPSA) is 26.3 Å². The summed E-state index contributed by atoms with van der Waals surface area (Å²) in [6.07, 6.45) is 2.60. The van der Waals surface area contributed by atoms with Gasteiger partial charge >= 0.3 is 37.6 Å². The standard InChI is InChI=1S/C6H14O2P.Na.H/c1-3-5-8-9(7)6-4-2;;/h3-6H2,1-2H3;;/q2*+1;-1. The monoisotopic (exact) mass is 173 g/mol. The molecule has 0 aliphatic heterocycles. The van der Waals surface area contributed by atoms with Crippen molar-refractivity contribution in [1.82, 2.24) is 0 Å². The summed E-state index contributed by atoms with van der Waals surface area (Å²) in [4.78, 5) is 0. The molecule has 0 saturated carbocycles. The summed E-state index contributed by atoms with van der Waals surface area (Å²) in [6, 6.07) is 0. The van der Waals surface area contributed by atoms with Crippen molar-refractivity contribution < 1.29 is 40.1 Å². The van der Waals surface area contributed by atoms with Crippen LogP contribution in [0.1, 0.15) is 28.1 Å². The first kappa shape index (κ1) is 13.6. The van der Waals surface area contributed by atoms with E-state index in [1.165, 1.54) is 0 Å². The normalized spacial score (nSPS) is 10.4. The van der Waals surface area contributed by atoms with Gasteiger partial charge in [-0.25, -0.2) is 0 Å². The molecule has 0 bridgehead atoms. The summed E-state index contributed by atoms with van der Waals surface area (Å²) < 4.78 is 15.7. The molecule has 2 nitrogen and oxygen atoms in total. The first-order valence-corrected chi connectivity index (χ1v) is 4.75. The van der Waals surface area contributed by atoms with Crippen molar-refractivity contribution in [2.45, 2.75) is 26.7 Å². The molecule has 1 atom stereocenters. The van der Waals surface area contributed by atoms with Gasteiger partial charge in [0.05, 0.1) is 0 Å². The van der Waals surface area contributed by atoms with Gasteiger partial charge in [0.1, 0.15) is 6.61 Å². The summed E-state index contributed by atoms with van der Waals surface area (Å²) >= 11 is 0. The summed E-state index contributed by atoms with van der Waals surface area (Å²) in [7, 11) is -1.34. The van der Waals surface area contributed by atoms with E-state index in [2.05, 4.69) is 0 Å². The van der Waals surface area contributed by atoms with Crippen LogP contribution in [0.3, 0.4) is 0 Å². The van der Waals surface area contributed by atoms with E-state index in [9.17, 15) is 4.57 Å². The Morgan fingerprint density at radius 1 is 1.40 bits per heavy atom. The Morgan fingerprint density at radius 2 is 2.00 bits per heavy atom. The Hall–Kier alpha value is 1.06. The maximum absolute atomic E-state index is 10.7. The molecule has 0 radical (unpaired) electrons. The van der Waals surface area contributed by atoms with E-state index in [-0.39, 0.29) is 31.0 Å². The minimum atomic E-state index is -1.34. The van der Waals surface area contributed by atoms with E-state index in [1.807, 2.05) is 13.8 Å². The van der Waals surface area contributed by atoms with Gasteiger partial charge in [-0.2, -0.15) is 0 Å². The Morgan fingerprint density at radius 3 is 2.40 bits per heavy atom. The van der Waals surface area contributed by atoms with Gasteiger partial charge in [-0.1, -0.05) is 13.8 Å². The van der Waals surface area contributed by atoms with Crippen LogP contribution in [0.15, 0.2) is 0 Å². The summed E-state index contributed by atoms with van der Waals surface area (Å²) in [5.74, 6) is 0. The van der Waals surface area contributed by atoms with Crippen LogP contribution in [0, 0.1) is 0 Å². The van der Waals surface area contributed by atoms with Gasteiger partial charge < -0.3 is 1.43 Å². The van der Waals surface area contributed by atoms with Crippen molar-refractivity contribution in [2.24, 2.45) is 0 Å². The molecule has 0 fully saturated rings. The van der Waals surface area contributed by atoms with E-state index in [1.54, 1.807) is 0 Å². The summed E-state index contributed by atoms with van der Waals surface area (Å²) in [5, 5.41) is 0. The molecule has 0 aliphatic rings. The van der Waals surface area contributed by atoms with Crippen LogP contribution >= 0.6 is 8.03 Å². The van der Waals surface area contributed by atoms with E-state index >= 15 is 0 Å². The Kier molecular flexibility index (Phi) is 13.7. The molecule has 0 aromatic carbocycles. The van der Waals surface area contributed by atoms with Gasteiger partial charge in [-0.3, -0.25) is 0 Å². The number of rotatable bonds is 5. The third kappa shape index (κ3) is 9.06. The van der Waals surface area contributed by atoms with Crippen LogP contribution in [-0.2, 0) is 9.09 Å². The van der Waals surface area contributed by atoms with Crippen molar-refractivity contribution in [3.05, 3.63) is 0 Å². The second-order valence-electron chi connectivity index (χ2n) is 1.89. The fraction of sp³-hybridized carbons (Fsp3) is 1.00. The van der Waals surface area contributed by atoms with Gasteiger partial charge in [-0.15, -0.1) is 4.52 Å². The smallest absolute Gasteiger partial charge is 1.00 e. The summed E-state index contributed by atoms with van der Waals surface area (Å²) in [6.45, 7) is 4.65. The molecular formula is C6H15NaO2P+. The molecule has 0 heterocycles. The van der Waals surface area contributed by atoms with Crippen LogP contribution in [-0.4, -0.2) is 12.8 Å². The maximum Gasteiger partial charge on any atom is 1.00 e. The molecule has 0 rings (SSSR count). The fourth-order valence-electron chi connectivity index (χ4n) is 0.440. The van der Waals surface area contributed by atoms with E-state index in [0.29, 0.717) is 12.8 Å². The first-order valence-electron chi connectivity index (χ1n) is 3.38. The predicted octanol–water partition coefficient (Wildman–Crippen LogP) is -0.318. The fourth-order valence-corrected chi connectivity index (χ4v) is 1.32. The predicted molar refractivity (Wildman–Crippen MR) is 40.1 cm³/mol. The number of hydrogen-bond donors (Lipinski definition) is 0. The van der Waals surface area contributed by atoms with Crippen LogP contribution in [0.2, 0.25) is 0 Å². The molecule has 0 aromatic heterocycles. The molecule has 1 unspecified atom stereocenters. The molecule has 0 N–H and O–H groups in total. The molecule has 0 amide bonds. The molecule has 0 aliphatic carbocycles. The second kappa shape index (κ2) is 10.1. The van der Waals surface area contributed by atoms with Crippen LogP contribution < -0.4 is 29.6 Å². The zero-order valence-electron chi connectivity index (χ0n) is 8.09. The largest absolute Gasteiger partial charge is 1.00 e. The SMILES string of the molecule is CCCO[P+](=O)CCC.[H-].[Na+]. The molecule has 0 spiro atoms. The van der Waals surface area contributed by atoms with Gasteiger partial charge in [0.25, 0.3) is 0 Å². The zero-order valence-corrected chi connectivity index (χ0v) is 9.99. The van der Waals surface area contributed by atoms with Crippen molar-refractivity contribution in [1.29, 1.82) is 0 Å². The quantitative estimate of drug-likeness (QED) is 0.421. The van der Waals surface area contributed by atoms with Gasteiger partial charge in [0, 0.05) is 0 Å². The maximum atomic E-state index is 10.7. The third-order valence-corrected chi connectivity index (χ3v) is 2.13. The third-order valence-electron chi connectivity index (χ3n) is 0.846. The minimum absolute atomic E-state index is 0. The molecule has 0 aromatic rings. The Labute approximate surface area is 87.4 Å². The van der Waals surface area contributed by atoms with E-state index < -0.39 is 8.03 Å². The average molecular weight is 173 g/mol. The van der Waals surface area contributed by atoms with Crippen molar-refractivity contribution in [3.8, 4) is 0 Å². The zero-order chi connectivity index (χ0) is 7.11.